The van der Waals surface area contributed by atoms with Crippen LogP contribution in [0, 0.1) is 20.2 Å². The zero-order valence-corrected chi connectivity index (χ0v) is 11.2. The third-order valence-electron chi connectivity index (χ3n) is 2.45. The fourth-order valence-corrected chi connectivity index (χ4v) is 1.99. The van der Waals surface area contributed by atoms with E-state index in [1.54, 1.807) is 0 Å². The van der Waals surface area contributed by atoms with Gasteiger partial charge in [-0.3, -0.25) is 10.1 Å². The number of nitro benzene ring substituents is 1. The van der Waals surface area contributed by atoms with Crippen molar-refractivity contribution in [1.29, 1.82) is 0 Å². The minimum absolute atomic E-state index is 0.0267. The van der Waals surface area contributed by atoms with E-state index in [-0.39, 0.29) is 22.3 Å². The Labute approximate surface area is 121 Å². The van der Waals surface area contributed by atoms with Gasteiger partial charge in [-0.2, -0.15) is 4.68 Å². The Morgan fingerprint density at radius 3 is 2.45 bits per heavy atom. The summed E-state index contributed by atoms with van der Waals surface area (Å²) in [7, 11) is 0. The largest absolute Gasteiger partial charge is 0.408 e. The molecule has 0 bridgehead atoms. The van der Waals surface area contributed by atoms with Crippen molar-refractivity contribution >= 4 is 34.7 Å². The Balaban J connectivity index is 2.37. The Morgan fingerprint density at radius 1 is 1.20 bits per heavy atom. The van der Waals surface area contributed by atoms with Crippen LogP contribution < -0.4 is 0 Å². The number of nitro groups is 2. The van der Waals surface area contributed by atoms with Crippen molar-refractivity contribution in [3.05, 3.63) is 60.2 Å². The van der Waals surface area contributed by atoms with Crippen molar-refractivity contribution in [2.45, 2.75) is 6.54 Å². The molecule has 0 aliphatic rings. The van der Waals surface area contributed by atoms with Gasteiger partial charge in [0.2, 0.25) is 0 Å². The molecule has 0 fully saturated rings. The Morgan fingerprint density at radius 2 is 1.90 bits per heavy atom. The summed E-state index contributed by atoms with van der Waals surface area (Å²) < 4.78 is 1.16. The van der Waals surface area contributed by atoms with Crippen LogP contribution >= 0.6 is 23.2 Å². The van der Waals surface area contributed by atoms with Crippen molar-refractivity contribution in [3.63, 3.8) is 0 Å². The number of rotatable bonds is 4. The molecule has 0 atom stereocenters. The highest BCUT2D eigenvalue weighted by Gasteiger charge is 2.21. The third-order valence-corrected chi connectivity index (χ3v) is 2.95. The number of benzene rings is 1. The van der Waals surface area contributed by atoms with E-state index in [9.17, 15) is 20.2 Å². The highest BCUT2D eigenvalue weighted by atomic mass is 35.5. The molecule has 1 aromatic carbocycles. The zero-order valence-electron chi connectivity index (χ0n) is 9.69. The van der Waals surface area contributed by atoms with Crippen LogP contribution in [0.25, 0.3) is 0 Å². The summed E-state index contributed by atoms with van der Waals surface area (Å²) in [5.74, 6) is -0.497. The molecule has 0 amide bonds. The summed E-state index contributed by atoms with van der Waals surface area (Å²) in [5, 5.41) is 25.3. The van der Waals surface area contributed by atoms with Gasteiger partial charge in [-0.15, -0.1) is 0 Å². The number of nitrogens with zero attached hydrogens (tertiary/aromatic N) is 4. The van der Waals surface area contributed by atoms with Gasteiger partial charge in [0, 0.05) is 11.1 Å². The van der Waals surface area contributed by atoms with Gasteiger partial charge in [0.15, 0.2) is 5.02 Å². The number of hydrogen-bond acceptors (Lipinski definition) is 5. The van der Waals surface area contributed by atoms with Gasteiger partial charge in [-0.05, 0) is 17.1 Å². The lowest BCUT2D eigenvalue weighted by Gasteiger charge is -2.01. The van der Waals surface area contributed by atoms with Gasteiger partial charge >= 0.3 is 5.82 Å². The Hall–Kier alpha value is -2.19. The number of hydrogen-bond donors (Lipinski definition) is 0. The van der Waals surface area contributed by atoms with E-state index in [1.165, 1.54) is 24.4 Å². The molecule has 0 aliphatic carbocycles. The summed E-state index contributed by atoms with van der Waals surface area (Å²) in [6.07, 6.45) is 1.23. The average molecular weight is 317 g/mol. The molecule has 2 aromatic rings. The Bertz CT molecular complexity index is 701. The predicted molar refractivity (Wildman–Crippen MR) is 71.1 cm³/mol. The molecule has 2 rings (SSSR count). The van der Waals surface area contributed by atoms with E-state index >= 15 is 0 Å². The molecule has 0 N–H and O–H groups in total. The molecule has 1 heterocycles. The zero-order chi connectivity index (χ0) is 14.9. The van der Waals surface area contributed by atoms with E-state index in [0.717, 1.165) is 4.68 Å². The van der Waals surface area contributed by atoms with Gasteiger partial charge in [0.05, 0.1) is 28.3 Å². The second-order valence-corrected chi connectivity index (χ2v) is 4.63. The van der Waals surface area contributed by atoms with Crippen LogP contribution in [0.1, 0.15) is 5.56 Å². The first kappa shape index (κ1) is 14.2. The van der Waals surface area contributed by atoms with Gasteiger partial charge in [-0.1, -0.05) is 23.2 Å². The van der Waals surface area contributed by atoms with Crippen molar-refractivity contribution in [1.82, 2.24) is 9.78 Å². The highest BCUT2D eigenvalue weighted by molar-refractivity contribution is 6.32. The second kappa shape index (κ2) is 5.43. The monoisotopic (exact) mass is 316 g/mol. The lowest BCUT2D eigenvalue weighted by molar-refractivity contribution is -0.389. The van der Waals surface area contributed by atoms with Crippen molar-refractivity contribution in [3.8, 4) is 0 Å². The SMILES string of the molecule is O=[N+]([O-])c1cc(Cl)ccc1Cn1cc(Cl)c([N+](=O)[O-])n1. The molecule has 20 heavy (non-hydrogen) atoms. The topological polar surface area (TPSA) is 104 Å². The molecule has 0 radical (unpaired) electrons. The lowest BCUT2D eigenvalue weighted by Crippen LogP contribution is -2.04. The molecule has 0 aliphatic heterocycles. The molecule has 0 saturated heterocycles. The van der Waals surface area contributed by atoms with E-state index in [0.29, 0.717) is 5.56 Å². The van der Waals surface area contributed by atoms with E-state index in [2.05, 4.69) is 5.10 Å². The minimum Gasteiger partial charge on any atom is -0.358 e. The van der Waals surface area contributed by atoms with Gasteiger partial charge in [0.25, 0.3) is 5.69 Å². The summed E-state index contributed by atoms with van der Waals surface area (Å²) in [4.78, 5) is 20.2. The molecule has 0 spiro atoms. The van der Waals surface area contributed by atoms with E-state index in [1.807, 2.05) is 0 Å². The van der Waals surface area contributed by atoms with Crippen LogP contribution in [-0.2, 0) is 6.54 Å². The minimum atomic E-state index is -0.727. The van der Waals surface area contributed by atoms with Crippen LogP contribution in [0.5, 0.6) is 0 Å². The first-order valence-electron chi connectivity index (χ1n) is 5.18. The highest BCUT2D eigenvalue weighted by Crippen LogP contribution is 2.26. The maximum absolute atomic E-state index is 10.9. The smallest absolute Gasteiger partial charge is 0.358 e. The summed E-state index contributed by atoms with van der Waals surface area (Å²) in [5.41, 5.74) is 0.125. The second-order valence-electron chi connectivity index (χ2n) is 3.79. The van der Waals surface area contributed by atoms with E-state index in [4.69, 9.17) is 23.2 Å². The van der Waals surface area contributed by atoms with Gasteiger partial charge in [0.1, 0.15) is 0 Å². The van der Waals surface area contributed by atoms with Crippen molar-refractivity contribution < 1.29 is 9.85 Å². The summed E-state index contributed by atoms with van der Waals surface area (Å²) >= 11 is 11.4. The predicted octanol–water partition coefficient (Wildman–Crippen LogP) is 3.05. The normalized spacial score (nSPS) is 10.5. The first-order valence-corrected chi connectivity index (χ1v) is 5.94. The lowest BCUT2D eigenvalue weighted by atomic mass is 10.2. The fourth-order valence-electron chi connectivity index (χ4n) is 1.61. The number of halogens is 2. The van der Waals surface area contributed by atoms with Crippen LogP contribution in [0.15, 0.2) is 24.4 Å². The van der Waals surface area contributed by atoms with Gasteiger partial charge in [-0.25, -0.2) is 0 Å². The maximum atomic E-state index is 10.9. The quantitative estimate of drug-likeness (QED) is 0.636. The third kappa shape index (κ3) is 2.86. The van der Waals surface area contributed by atoms with E-state index < -0.39 is 15.7 Å². The maximum Gasteiger partial charge on any atom is 0.408 e. The number of aromatic nitrogens is 2. The summed E-state index contributed by atoms with van der Waals surface area (Å²) in [6, 6.07) is 4.15. The molecule has 1 aromatic heterocycles. The molecule has 0 unspecified atom stereocenters. The van der Waals surface area contributed by atoms with Gasteiger partial charge < -0.3 is 10.1 Å². The molecular formula is C10H6Cl2N4O4. The van der Waals surface area contributed by atoms with Crippen molar-refractivity contribution in [2.75, 3.05) is 0 Å². The average Bonchev–Trinajstić information content (AvgIpc) is 2.72. The molecule has 0 saturated carbocycles. The van der Waals surface area contributed by atoms with Crippen LogP contribution in [-0.4, -0.2) is 19.6 Å². The van der Waals surface area contributed by atoms with Crippen LogP contribution in [0.2, 0.25) is 10.0 Å². The standard InChI is InChI=1S/C10H6Cl2N4O4/c11-7-2-1-6(9(3-7)15(17)18)4-14-5-8(12)10(13-14)16(19)20/h1-3,5H,4H2. The van der Waals surface area contributed by atoms with Crippen LogP contribution in [0.4, 0.5) is 11.5 Å². The molecule has 104 valence electrons. The molecule has 8 nitrogen and oxygen atoms in total. The van der Waals surface area contributed by atoms with Crippen molar-refractivity contribution in [2.24, 2.45) is 0 Å². The summed E-state index contributed by atoms with van der Waals surface area (Å²) in [6.45, 7) is -0.0267. The Kier molecular flexibility index (Phi) is 3.86. The molecular weight excluding hydrogens is 311 g/mol. The van der Waals surface area contributed by atoms with Crippen LogP contribution in [0.3, 0.4) is 0 Å². The fraction of sp³-hybridized carbons (Fsp3) is 0.100. The first-order chi connectivity index (χ1) is 9.38. The molecule has 10 heteroatoms.